The number of hydrogen-bond acceptors (Lipinski definition) is 3. The third-order valence-corrected chi connectivity index (χ3v) is 3.13. The van der Waals surface area contributed by atoms with E-state index in [1.165, 1.54) is 0 Å². The van der Waals surface area contributed by atoms with Crippen molar-refractivity contribution < 1.29 is 0 Å². The van der Waals surface area contributed by atoms with Gasteiger partial charge < -0.3 is 10.6 Å². The Morgan fingerprint density at radius 2 is 1.94 bits per heavy atom. The molecule has 1 atom stereocenters. The average Bonchev–Trinajstić information content (AvgIpc) is 2.30. The van der Waals surface area contributed by atoms with E-state index in [9.17, 15) is 0 Å². The van der Waals surface area contributed by atoms with Crippen LogP contribution in [-0.2, 0) is 0 Å². The van der Waals surface area contributed by atoms with Gasteiger partial charge in [0, 0.05) is 19.1 Å². The lowest BCUT2D eigenvalue weighted by molar-refractivity contribution is 0.590. The van der Waals surface area contributed by atoms with Gasteiger partial charge in [0.2, 0.25) is 0 Å². The van der Waals surface area contributed by atoms with E-state index in [-0.39, 0.29) is 6.04 Å². The number of nitrogens with two attached hydrogens (primary N) is 1. The van der Waals surface area contributed by atoms with Gasteiger partial charge in [0.25, 0.3) is 0 Å². The lowest BCUT2D eigenvalue weighted by Crippen LogP contribution is -2.30. The number of aromatic nitrogens is 1. The molecule has 0 fully saturated rings. The minimum absolute atomic E-state index is 0.00695. The van der Waals surface area contributed by atoms with Crippen LogP contribution < -0.4 is 10.6 Å². The molecule has 0 saturated heterocycles. The van der Waals surface area contributed by atoms with Crippen molar-refractivity contribution in [2.75, 3.05) is 11.9 Å². The second kappa shape index (κ2) is 5.85. The molecule has 0 aliphatic carbocycles. The predicted molar refractivity (Wildman–Crippen MR) is 69.6 cm³/mol. The minimum atomic E-state index is 0.00695. The molecule has 1 rings (SSSR count). The predicted octanol–water partition coefficient (Wildman–Crippen LogP) is 2.73. The van der Waals surface area contributed by atoms with Crippen LogP contribution in [0.4, 0.5) is 5.69 Å². The molecule has 16 heavy (non-hydrogen) atoms. The summed E-state index contributed by atoms with van der Waals surface area (Å²) < 4.78 is 0. The zero-order valence-corrected chi connectivity index (χ0v) is 10.8. The second-order valence-electron chi connectivity index (χ2n) is 4.31. The second-order valence-corrected chi connectivity index (χ2v) is 4.31. The quantitative estimate of drug-likeness (QED) is 0.831. The van der Waals surface area contributed by atoms with Gasteiger partial charge in [0.15, 0.2) is 0 Å². The monoisotopic (exact) mass is 221 g/mol. The third kappa shape index (κ3) is 2.95. The molecule has 0 aliphatic heterocycles. The van der Waals surface area contributed by atoms with Gasteiger partial charge in [-0.1, -0.05) is 13.8 Å². The van der Waals surface area contributed by atoms with Crippen LogP contribution in [0.5, 0.6) is 0 Å². The molecular weight excluding hydrogens is 198 g/mol. The fraction of sp³-hybridized carbons (Fsp3) is 0.615. The lowest BCUT2D eigenvalue weighted by Gasteiger charge is -2.28. The first-order valence-corrected chi connectivity index (χ1v) is 6.04. The standard InChI is InChI=1S/C13H23N3/c1-5-11(6-2)16(4)12-7-8-13(10(3)14)15-9-12/h7-11H,5-6,14H2,1-4H3/t10-/m1/s1. The third-order valence-electron chi connectivity index (χ3n) is 3.13. The maximum atomic E-state index is 5.78. The van der Waals surface area contributed by atoms with Crippen molar-refractivity contribution in [3.63, 3.8) is 0 Å². The Morgan fingerprint density at radius 3 is 2.31 bits per heavy atom. The highest BCUT2D eigenvalue weighted by atomic mass is 15.1. The molecule has 1 heterocycles. The fourth-order valence-corrected chi connectivity index (χ4v) is 1.92. The van der Waals surface area contributed by atoms with E-state index < -0.39 is 0 Å². The molecule has 0 amide bonds. The minimum Gasteiger partial charge on any atom is -0.370 e. The summed E-state index contributed by atoms with van der Waals surface area (Å²) >= 11 is 0. The maximum Gasteiger partial charge on any atom is 0.0569 e. The molecule has 1 aromatic rings. The number of rotatable bonds is 5. The van der Waals surface area contributed by atoms with Crippen LogP contribution in [0.25, 0.3) is 0 Å². The summed E-state index contributed by atoms with van der Waals surface area (Å²) in [5.41, 5.74) is 7.89. The van der Waals surface area contributed by atoms with Crippen LogP contribution in [0.3, 0.4) is 0 Å². The Kier molecular flexibility index (Phi) is 4.74. The number of nitrogens with zero attached hydrogens (tertiary/aromatic N) is 2. The molecule has 2 N–H and O–H groups in total. The summed E-state index contributed by atoms with van der Waals surface area (Å²) in [5.74, 6) is 0. The maximum absolute atomic E-state index is 5.78. The SMILES string of the molecule is CCC(CC)N(C)c1ccc([C@@H](C)N)nc1. The fourth-order valence-electron chi connectivity index (χ4n) is 1.92. The normalized spacial score (nSPS) is 12.9. The molecule has 3 heteroatoms. The summed E-state index contributed by atoms with van der Waals surface area (Å²) in [6, 6.07) is 4.71. The highest BCUT2D eigenvalue weighted by molar-refractivity contribution is 5.44. The number of pyridine rings is 1. The van der Waals surface area contributed by atoms with Crippen LogP contribution in [0, 0.1) is 0 Å². The van der Waals surface area contributed by atoms with E-state index in [4.69, 9.17) is 5.73 Å². The summed E-state index contributed by atoms with van der Waals surface area (Å²) in [4.78, 5) is 6.67. The molecule has 1 aromatic heterocycles. The van der Waals surface area contributed by atoms with Crippen molar-refractivity contribution >= 4 is 5.69 Å². The van der Waals surface area contributed by atoms with Crippen molar-refractivity contribution in [3.05, 3.63) is 24.0 Å². The highest BCUT2D eigenvalue weighted by Gasteiger charge is 2.11. The van der Waals surface area contributed by atoms with Gasteiger partial charge in [-0.3, -0.25) is 4.98 Å². The molecule has 0 bridgehead atoms. The lowest BCUT2D eigenvalue weighted by atomic mass is 10.1. The average molecular weight is 221 g/mol. The Hall–Kier alpha value is -1.09. The Balaban J connectivity index is 2.80. The first-order chi connectivity index (χ1) is 7.60. The molecular formula is C13H23N3. The first-order valence-electron chi connectivity index (χ1n) is 6.04. The van der Waals surface area contributed by atoms with Gasteiger partial charge in [-0.25, -0.2) is 0 Å². The van der Waals surface area contributed by atoms with E-state index in [0.29, 0.717) is 6.04 Å². The molecule has 3 nitrogen and oxygen atoms in total. The van der Waals surface area contributed by atoms with Crippen LogP contribution in [0.2, 0.25) is 0 Å². The summed E-state index contributed by atoms with van der Waals surface area (Å²) in [6.45, 7) is 6.38. The van der Waals surface area contributed by atoms with E-state index in [0.717, 1.165) is 24.2 Å². The van der Waals surface area contributed by atoms with Crippen molar-refractivity contribution in [1.82, 2.24) is 4.98 Å². The zero-order chi connectivity index (χ0) is 12.1. The smallest absolute Gasteiger partial charge is 0.0569 e. The topological polar surface area (TPSA) is 42.1 Å². The molecule has 0 unspecified atom stereocenters. The van der Waals surface area contributed by atoms with Crippen LogP contribution in [0.15, 0.2) is 18.3 Å². The number of anilines is 1. The molecule has 0 aliphatic rings. The summed E-state index contributed by atoms with van der Waals surface area (Å²) in [7, 11) is 2.13. The molecule has 90 valence electrons. The van der Waals surface area contributed by atoms with E-state index in [2.05, 4.69) is 36.8 Å². The Labute approximate surface area is 98.7 Å². The van der Waals surface area contributed by atoms with Crippen molar-refractivity contribution in [2.24, 2.45) is 5.73 Å². The van der Waals surface area contributed by atoms with Crippen molar-refractivity contribution in [1.29, 1.82) is 0 Å². The van der Waals surface area contributed by atoms with Crippen molar-refractivity contribution in [2.45, 2.75) is 45.7 Å². The van der Waals surface area contributed by atoms with Crippen LogP contribution in [0.1, 0.15) is 45.3 Å². The van der Waals surface area contributed by atoms with Gasteiger partial charge in [0.1, 0.15) is 0 Å². The van der Waals surface area contributed by atoms with E-state index in [1.54, 1.807) is 0 Å². The van der Waals surface area contributed by atoms with Gasteiger partial charge >= 0.3 is 0 Å². The molecule has 0 spiro atoms. The molecule has 0 aromatic carbocycles. The van der Waals surface area contributed by atoms with E-state index >= 15 is 0 Å². The van der Waals surface area contributed by atoms with Crippen LogP contribution >= 0.6 is 0 Å². The largest absolute Gasteiger partial charge is 0.370 e. The van der Waals surface area contributed by atoms with Gasteiger partial charge in [-0.05, 0) is 31.9 Å². The Bertz CT molecular complexity index is 301. The van der Waals surface area contributed by atoms with Gasteiger partial charge in [0.05, 0.1) is 17.6 Å². The summed E-state index contributed by atoms with van der Waals surface area (Å²) in [5, 5.41) is 0. The zero-order valence-electron chi connectivity index (χ0n) is 10.8. The van der Waals surface area contributed by atoms with Gasteiger partial charge in [-0.2, -0.15) is 0 Å². The number of hydrogen-bond donors (Lipinski definition) is 1. The highest BCUT2D eigenvalue weighted by Crippen LogP contribution is 2.18. The Morgan fingerprint density at radius 1 is 1.31 bits per heavy atom. The molecule has 0 saturated carbocycles. The van der Waals surface area contributed by atoms with Gasteiger partial charge in [-0.15, -0.1) is 0 Å². The van der Waals surface area contributed by atoms with Crippen molar-refractivity contribution in [3.8, 4) is 0 Å². The van der Waals surface area contributed by atoms with Crippen LogP contribution in [-0.4, -0.2) is 18.1 Å². The molecule has 0 radical (unpaired) electrons. The first kappa shape index (κ1) is 13.0. The van der Waals surface area contributed by atoms with E-state index in [1.807, 2.05) is 19.2 Å². The summed E-state index contributed by atoms with van der Waals surface area (Å²) in [6.07, 6.45) is 4.22.